The molecule has 3 rings (SSSR count). The van der Waals surface area contributed by atoms with Gasteiger partial charge in [-0.15, -0.1) is 0 Å². The summed E-state index contributed by atoms with van der Waals surface area (Å²) in [5, 5.41) is 1.13. The first-order chi connectivity index (χ1) is 12.0. The maximum absolute atomic E-state index is 12.2. The molecule has 0 aliphatic heterocycles. The van der Waals surface area contributed by atoms with Crippen molar-refractivity contribution in [1.29, 1.82) is 0 Å². The van der Waals surface area contributed by atoms with Crippen molar-refractivity contribution >= 4 is 34.1 Å². The Morgan fingerprint density at radius 1 is 1.04 bits per heavy atom. The monoisotopic (exact) mass is 381 g/mol. The predicted molar refractivity (Wildman–Crippen MR) is 94.2 cm³/mol. The summed E-state index contributed by atoms with van der Waals surface area (Å²) in [7, 11) is 2.98. The van der Waals surface area contributed by atoms with Gasteiger partial charge in [0.05, 0.1) is 30.1 Å². The van der Waals surface area contributed by atoms with Crippen LogP contribution in [0.25, 0.3) is 10.9 Å². The lowest BCUT2D eigenvalue weighted by Gasteiger charge is -2.10. The second-order valence-corrected chi connectivity index (χ2v) is 5.83. The van der Waals surface area contributed by atoms with Gasteiger partial charge >= 0.3 is 5.63 Å². The first-order valence-corrected chi connectivity index (χ1v) is 7.91. The lowest BCUT2D eigenvalue weighted by molar-refractivity contribution is 0.253. The van der Waals surface area contributed by atoms with E-state index >= 15 is 0 Å². The van der Waals surface area contributed by atoms with Crippen LogP contribution in [-0.2, 0) is 6.61 Å². The van der Waals surface area contributed by atoms with Crippen molar-refractivity contribution in [2.45, 2.75) is 6.61 Å². The molecule has 0 atom stereocenters. The third-order valence-corrected chi connectivity index (χ3v) is 3.95. The van der Waals surface area contributed by atoms with Crippen LogP contribution in [0.4, 0.5) is 0 Å². The van der Waals surface area contributed by atoms with Crippen LogP contribution < -0.4 is 19.8 Å². The molecule has 130 valence electrons. The Balaban J connectivity index is 1.93. The molecule has 0 aliphatic rings. The van der Waals surface area contributed by atoms with E-state index in [4.69, 9.17) is 41.8 Å². The van der Waals surface area contributed by atoms with Gasteiger partial charge in [-0.25, -0.2) is 9.78 Å². The van der Waals surface area contributed by atoms with Crippen LogP contribution >= 0.6 is 23.2 Å². The van der Waals surface area contributed by atoms with E-state index in [0.717, 1.165) is 0 Å². The minimum Gasteiger partial charge on any atom is -0.493 e. The average Bonchev–Trinajstić information content (AvgIpc) is 2.60. The summed E-state index contributed by atoms with van der Waals surface area (Å²) in [6.07, 6.45) is 0. The van der Waals surface area contributed by atoms with E-state index in [2.05, 4.69) is 4.98 Å². The molecule has 1 heterocycles. The molecule has 2 aromatic carbocycles. The van der Waals surface area contributed by atoms with E-state index in [0.29, 0.717) is 32.8 Å². The number of halogens is 2. The summed E-state index contributed by atoms with van der Waals surface area (Å²) in [5.41, 5.74) is -0.138. The molecule has 8 heteroatoms. The number of benzene rings is 2. The smallest absolute Gasteiger partial charge is 0.347 e. The van der Waals surface area contributed by atoms with Gasteiger partial charge in [0.1, 0.15) is 5.75 Å². The lowest BCUT2D eigenvalue weighted by Crippen LogP contribution is -2.08. The molecule has 0 radical (unpaired) electrons. The highest BCUT2D eigenvalue weighted by Crippen LogP contribution is 2.31. The third kappa shape index (κ3) is 3.65. The zero-order chi connectivity index (χ0) is 18.0. The van der Waals surface area contributed by atoms with E-state index < -0.39 is 5.63 Å². The van der Waals surface area contributed by atoms with E-state index in [1.54, 1.807) is 24.3 Å². The van der Waals surface area contributed by atoms with Crippen molar-refractivity contribution in [3.8, 4) is 17.2 Å². The fraction of sp³-hybridized carbons (Fsp3) is 0.176. The van der Waals surface area contributed by atoms with Crippen molar-refractivity contribution in [2.24, 2.45) is 0 Å². The molecular formula is C17H13Cl2NO5. The third-order valence-electron chi connectivity index (χ3n) is 3.42. The van der Waals surface area contributed by atoms with Gasteiger partial charge in [0.25, 0.3) is 0 Å². The molecule has 0 N–H and O–H groups in total. The molecule has 0 spiro atoms. The number of ether oxygens (including phenoxy) is 3. The fourth-order valence-corrected chi connectivity index (χ4v) is 2.70. The molecule has 1 aromatic heterocycles. The van der Waals surface area contributed by atoms with Crippen molar-refractivity contribution in [2.75, 3.05) is 14.2 Å². The van der Waals surface area contributed by atoms with Crippen LogP contribution in [0, 0.1) is 0 Å². The Kier molecular flexibility index (Phi) is 5.01. The normalized spacial score (nSPS) is 10.7. The number of methoxy groups -OCH3 is 2. The highest BCUT2D eigenvalue weighted by atomic mass is 35.5. The molecule has 0 amide bonds. The molecule has 0 fully saturated rings. The van der Waals surface area contributed by atoms with Gasteiger partial charge < -0.3 is 18.6 Å². The van der Waals surface area contributed by atoms with Gasteiger partial charge in [-0.3, -0.25) is 0 Å². The quantitative estimate of drug-likeness (QED) is 0.662. The summed E-state index contributed by atoms with van der Waals surface area (Å²) in [4.78, 5) is 16.5. The molecule has 0 unspecified atom stereocenters. The largest absolute Gasteiger partial charge is 0.493 e. The Hall–Kier alpha value is -2.44. The molecule has 0 bridgehead atoms. The van der Waals surface area contributed by atoms with Gasteiger partial charge in [0.15, 0.2) is 18.1 Å². The molecule has 0 saturated carbocycles. The minimum absolute atomic E-state index is 0.0686. The van der Waals surface area contributed by atoms with Gasteiger partial charge in [-0.1, -0.05) is 23.2 Å². The molecule has 6 nitrogen and oxygen atoms in total. The van der Waals surface area contributed by atoms with Gasteiger partial charge in [0, 0.05) is 17.2 Å². The van der Waals surface area contributed by atoms with E-state index in [-0.39, 0.29) is 17.9 Å². The first-order valence-electron chi connectivity index (χ1n) is 7.15. The van der Waals surface area contributed by atoms with E-state index in [1.165, 1.54) is 20.3 Å². The second kappa shape index (κ2) is 7.21. The van der Waals surface area contributed by atoms with Gasteiger partial charge in [-0.05, 0) is 18.2 Å². The van der Waals surface area contributed by atoms with Crippen molar-refractivity contribution in [3.05, 3.63) is 56.7 Å². The summed E-state index contributed by atoms with van der Waals surface area (Å²) >= 11 is 11.9. The van der Waals surface area contributed by atoms with Crippen LogP contribution in [0.15, 0.2) is 39.5 Å². The SMILES string of the molecule is COc1cc2nc(COc3ccc(Cl)cc3Cl)oc(=O)c2cc1OC. The molecule has 0 saturated heterocycles. The molecule has 3 aromatic rings. The van der Waals surface area contributed by atoms with Crippen LogP contribution in [-0.4, -0.2) is 19.2 Å². The van der Waals surface area contributed by atoms with Crippen molar-refractivity contribution < 1.29 is 18.6 Å². The van der Waals surface area contributed by atoms with Crippen LogP contribution in [0.5, 0.6) is 17.2 Å². The minimum atomic E-state index is -0.549. The van der Waals surface area contributed by atoms with Crippen molar-refractivity contribution in [3.63, 3.8) is 0 Å². The number of hydrogen-bond donors (Lipinski definition) is 0. The van der Waals surface area contributed by atoms with Crippen LogP contribution in [0.2, 0.25) is 10.0 Å². The Bertz CT molecular complexity index is 987. The fourth-order valence-electron chi connectivity index (χ4n) is 2.24. The van der Waals surface area contributed by atoms with Gasteiger partial charge in [-0.2, -0.15) is 0 Å². The predicted octanol–water partition coefficient (Wildman–Crippen LogP) is 4.09. The molecule has 25 heavy (non-hydrogen) atoms. The van der Waals surface area contributed by atoms with Crippen LogP contribution in [0.3, 0.4) is 0 Å². The topological polar surface area (TPSA) is 70.8 Å². The Morgan fingerprint density at radius 3 is 2.44 bits per heavy atom. The number of hydrogen-bond acceptors (Lipinski definition) is 6. The standard InChI is InChI=1S/C17H13Cl2NO5/c1-22-14-6-10-12(7-15(14)23-2)20-16(25-17(10)21)8-24-13-4-3-9(18)5-11(13)19/h3-7H,8H2,1-2H3. The highest BCUT2D eigenvalue weighted by molar-refractivity contribution is 6.35. The summed E-state index contributed by atoms with van der Waals surface area (Å²) in [5.74, 6) is 1.39. The van der Waals surface area contributed by atoms with Crippen molar-refractivity contribution in [1.82, 2.24) is 4.98 Å². The zero-order valence-corrected chi connectivity index (χ0v) is 14.9. The maximum Gasteiger partial charge on any atom is 0.347 e. The molecule has 0 aliphatic carbocycles. The Labute approximate surface area is 152 Å². The summed E-state index contributed by atoms with van der Waals surface area (Å²) in [6, 6.07) is 7.94. The molecular weight excluding hydrogens is 369 g/mol. The maximum atomic E-state index is 12.2. The van der Waals surface area contributed by atoms with Crippen LogP contribution in [0.1, 0.15) is 5.89 Å². The lowest BCUT2D eigenvalue weighted by atomic mass is 10.2. The zero-order valence-electron chi connectivity index (χ0n) is 13.3. The first kappa shape index (κ1) is 17.4. The number of aromatic nitrogens is 1. The van der Waals surface area contributed by atoms with E-state index in [1.807, 2.05) is 0 Å². The Morgan fingerprint density at radius 2 is 1.76 bits per heavy atom. The number of nitrogens with zero attached hydrogens (tertiary/aromatic N) is 1. The summed E-state index contributed by atoms with van der Waals surface area (Å²) < 4.78 is 21.1. The average molecular weight is 382 g/mol. The number of rotatable bonds is 5. The van der Waals surface area contributed by atoms with Gasteiger partial charge in [0.2, 0.25) is 5.89 Å². The number of fused-ring (bicyclic) bond motifs is 1. The van der Waals surface area contributed by atoms with E-state index in [9.17, 15) is 4.79 Å². The second-order valence-electron chi connectivity index (χ2n) is 4.98. The summed E-state index contributed by atoms with van der Waals surface area (Å²) in [6.45, 7) is -0.0686. The highest BCUT2D eigenvalue weighted by Gasteiger charge is 2.13.